The van der Waals surface area contributed by atoms with Gasteiger partial charge in [-0.1, -0.05) is 19.3 Å². The van der Waals surface area contributed by atoms with Crippen LogP contribution in [-0.2, 0) is 10.2 Å². The molecule has 0 aromatic carbocycles. The fourth-order valence-corrected chi connectivity index (χ4v) is 7.48. The van der Waals surface area contributed by atoms with Crippen molar-refractivity contribution < 1.29 is 4.74 Å². The molecule has 1 unspecified atom stereocenters. The van der Waals surface area contributed by atoms with Crippen molar-refractivity contribution in [3.63, 3.8) is 0 Å². The number of aryl methyl sites for hydroxylation is 1. The molecule has 2 atom stereocenters. The molecule has 3 aromatic heterocycles. The highest BCUT2D eigenvalue weighted by molar-refractivity contribution is 14.2. The fourth-order valence-electron chi connectivity index (χ4n) is 4.97. The predicted molar refractivity (Wildman–Crippen MR) is 139 cm³/mol. The molecule has 7 nitrogen and oxygen atoms in total. The Bertz CT molecular complexity index is 1180. The van der Waals surface area contributed by atoms with Gasteiger partial charge in [0.25, 0.3) is 0 Å². The molecule has 2 fully saturated rings. The van der Waals surface area contributed by atoms with E-state index in [1.165, 1.54) is 18.0 Å². The first-order valence-corrected chi connectivity index (χ1v) is 15.9. The number of hydrogen-bond acceptors (Lipinski definition) is 7. The third-order valence-electron chi connectivity index (χ3n) is 6.66. The van der Waals surface area contributed by atoms with Gasteiger partial charge in [0.2, 0.25) is 0 Å². The number of nitrogens with zero attached hydrogens (tertiary/aromatic N) is 6. The van der Waals surface area contributed by atoms with Gasteiger partial charge in [0.1, 0.15) is 17.0 Å². The molecular formula is C22H26IN6OPS. The highest BCUT2D eigenvalue weighted by atomic mass is 127. The van der Waals surface area contributed by atoms with Crippen molar-refractivity contribution in [1.29, 1.82) is 5.26 Å². The van der Waals surface area contributed by atoms with Crippen LogP contribution >= 0.6 is 39.9 Å². The Hall–Kier alpha value is -1.34. The third kappa shape index (κ3) is 3.83. The Morgan fingerprint density at radius 3 is 2.84 bits per heavy atom. The SMILES string of the molecule is Cc1cc(-c2nsc3c(C4(C#N)CCCCC4)cc(N4CCOC[C@H]4C)nc23)n(PI)n1. The minimum atomic E-state index is -0.464. The first kappa shape index (κ1) is 22.5. The van der Waals surface area contributed by atoms with Gasteiger partial charge in [-0.15, -0.1) is 0 Å². The molecule has 10 heteroatoms. The van der Waals surface area contributed by atoms with Crippen LogP contribution < -0.4 is 4.90 Å². The monoisotopic (exact) mass is 580 g/mol. The molecule has 1 saturated carbocycles. The van der Waals surface area contributed by atoms with E-state index < -0.39 is 5.41 Å². The molecule has 1 saturated heterocycles. The summed E-state index contributed by atoms with van der Waals surface area (Å²) in [5.74, 6) is 0.935. The van der Waals surface area contributed by atoms with Crippen LogP contribution in [0.1, 0.15) is 50.3 Å². The number of fused-ring (bicyclic) bond motifs is 1. The molecule has 0 spiro atoms. The number of rotatable bonds is 4. The predicted octanol–water partition coefficient (Wildman–Crippen LogP) is 5.61. The van der Waals surface area contributed by atoms with Gasteiger partial charge < -0.3 is 9.64 Å². The van der Waals surface area contributed by atoms with E-state index >= 15 is 0 Å². The van der Waals surface area contributed by atoms with Crippen LogP contribution in [0.5, 0.6) is 0 Å². The van der Waals surface area contributed by atoms with Crippen LogP contribution in [0, 0.1) is 18.3 Å². The minimum Gasteiger partial charge on any atom is -0.377 e. The lowest BCUT2D eigenvalue weighted by Gasteiger charge is -2.36. The lowest BCUT2D eigenvalue weighted by molar-refractivity contribution is 0.0985. The van der Waals surface area contributed by atoms with Crippen LogP contribution in [0.15, 0.2) is 12.1 Å². The number of ether oxygens (including phenoxy) is 1. The van der Waals surface area contributed by atoms with Crippen molar-refractivity contribution in [2.45, 2.75) is 57.4 Å². The summed E-state index contributed by atoms with van der Waals surface area (Å²) in [5, 5.41) is 15.0. The standard InChI is InChI=1S/C22H26IN6OPS/c1-14-10-17(29(26-14)31-23)19-20-21(32-27-19)16(22(13-24)6-4-3-5-7-22)11-18(25-20)28-8-9-30-12-15(28)2/h10-11,15,31H,3-9,12H2,1-2H3/t15-/m1/s1. The Morgan fingerprint density at radius 2 is 2.12 bits per heavy atom. The summed E-state index contributed by atoms with van der Waals surface area (Å²) in [5.41, 5.74) is 4.40. The smallest absolute Gasteiger partial charge is 0.130 e. The topological polar surface area (TPSA) is 79.9 Å². The Balaban J connectivity index is 1.75. The van der Waals surface area contributed by atoms with Crippen molar-refractivity contribution in [2.75, 3.05) is 24.7 Å². The molecular weight excluding hydrogens is 554 g/mol. The van der Waals surface area contributed by atoms with Crippen LogP contribution in [-0.4, -0.2) is 44.7 Å². The number of pyridine rings is 1. The molecule has 0 N–H and O–H groups in total. The highest BCUT2D eigenvalue weighted by Gasteiger charge is 2.38. The minimum absolute atomic E-state index is 0.240. The van der Waals surface area contributed by atoms with E-state index in [-0.39, 0.29) is 6.04 Å². The molecule has 0 radical (unpaired) electrons. The van der Waals surface area contributed by atoms with E-state index in [1.807, 2.05) is 11.4 Å². The van der Waals surface area contributed by atoms with Crippen molar-refractivity contribution in [2.24, 2.45) is 0 Å². The lowest BCUT2D eigenvalue weighted by Crippen LogP contribution is -2.44. The number of hydrogen-bond donors (Lipinski definition) is 0. The first-order valence-electron chi connectivity index (χ1n) is 11.1. The molecule has 1 aliphatic carbocycles. The zero-order chi connectivity index (χ0) is 22.3. The molecule has 168 valence electrons. The third-order valence-corrected chi connectivity index (χ3v) is 9.41. The highest BCUT2D eigenvalue weighted by Crippen LogP contribution is 2.46. The van der Waals surface area contributed by atoms with E-state index in [4.69, 9.17) is 14.1 Å². The zero-order valence-electron chi connectivity index (χ0n) is 18.3. The van der Waals surface area contributed by atoms with Crippen molar-refractivity contribution in [3.8, 4) is 17.5 Å². The second-order valence-electron chi connectivity index (χ2n) is 8.78. The van der Waals surface area contributed by atoms with E-state index in [0.29, 0.717) is 19.6 Å². The van der Waals surface area contributed by atoms with Gasteiger partial charge >= 0.3 is 0 Å². The molecule has 0 amide bonds. The van der Waals surface area contributed by atoms with Gasteiger partial charge in [0, 0.05) is 6.54 Å². The Labute approximate surface area is 207 Å². The molecule has 5 rings (SSSR count). The summed E-state index contributed by atoms with van der Waals surface area (Å²) in [7, 11) is 0. The second kappa shape index (κ2) is 9.13. The van der Waals surface area contributed by atoms with Crippen molar-refractivity contribution >= 4 is 56.0 Å². The quantitative estimate of drug-likeness (QED) is 0.295. The van der Waals surface area contributed by atoms with Crippen molar-refractivity contribution in [3.05, 3.63) is 23.4 Å². The first-order chi connectivity index (χ1) is 15.6. The summed E-state index contributed by atoms with van der Waals surface area (Å²) < 4.78 is 13.6. The molecule has 3 aromatic rings. The maximum atomic E-state index is 10.4. The Kier molecular flexibility index (Phi) is 6.41. The zero-order valence-corrected chi connectivity index (χ0v) is 22.2. The van der Waals surface area contributed by atoms with Crippen LogP contribution in [0.4, 0.5) is 5.82 Å². The number of anilines is 1. The summed E-state index contributed by atoms with van der Waals surface area (Å²) in [6.45, 7) is 6.37. The van der Waals surface area contributed by atoms with Gasteiger partial charge in [-0.3, -0.25) is 0 Å². The number of halogens is 1. The maximum Gasteiger partial charge on any atom is 0.130 e. The maximum absolute atomic E-state index is 10.4. The van der Waals surface area contributed by atoms with E-state index in [2.05, 4.69) is 57.2 Å². The van der Waals surface area contributed by atoms with Crippen molar-refractivity contribution in [1.82, 2.24) is 18.9 Å². The average Bonchev–Trinajstić information content (AvgIpc) is 3.41. The van der Waals surface area contributed by atoms with Crippen LogP contribution in [0.25, 0.3) is 21.6 Å². The fraction of sp³-hybridized carbons (Fsp3) is 0.545. The van der Waals surface area contributed by atoms with E-state index in [0.717, 1.165) is 70.9 Å². The lowest BCUT2D eigenvalue weighted by atomic mass is 9.70. The second-order valence-corrected chi connectivity index (χ2v) is 11.6. The van der Waals surface area contributed by atoms with Gasteiger partial charge in [0.15, 0.2) is 0 Å². The molecule has 0 bridgehead atoms. The normalized spacial score (nSPS) is 21.4. The van der Waals surface area contributed by atoms with E-state index in [9.17, 15) is 5.26 Å². The summed E-state index contributed by atoms with van der Waals surface area (Å²) >= 11 is 3.83. The number of nitriles is 1. The molecule has 1 aliphatic heterocycles. The number of morpholine rings is 1. The number of aromatic nitrogens is 4. The molecule has 32 heavy (non-hydrogen) atoms. The average molecular weight is 580 g/mol. The van der Waals surface area contributed by atoms with Gasteiger partial charge in [0.05, 0.1) is 53.2 Å². The van der Waals surface area contributed by atoms with Gasteiger partial charge in [-0.05, 0) is 78.0 Å². The largest absolute Gasteiger partial charge is 0.377 e. The van der Waals surface area contributed by atoms with Gasteiger partial charge in [-0.2, -0.15) is 14.7 Å². The summed E-state index contributed by atoms with van der Waals surface area (Å²) in [6, 6.07) is 7.25. The molecule has 2 aliphatic rings. The van der Waals surface area contributed by atoms with E-state index in [1.54, 1.807) is 0 Å². The summed E-state index contributed by atoms with van der Waals surface area (Å²) in [6.07, 6.45) is 5.68. The Morgan fingerprint density at radius 1 is 1.31 bits per heavy atom. The van der Waals surface area contributed by atoms with Crippen LogP contribution in [0.3, 0.4) is 0 Å². The van der Waals surface area contributed by atoms with Gasteiger partial charge in [-0.25, -0.2) is 9.44 Å². The summed E-state index contributed by atoms with van der Waals surface area (Å²) in [4.78, 5) is 7.48. The van der Waals surface area contributed by atoms with Crippen LogP contribution in [0.2, 0.25) is 0 Å². The molecule has 4 heterocycles.